The normalized spacial score (nSPS) is 25.1. The second-order valence-electron chi connectivity index (χ2n) is 8.43. The minimum Gasteiger partial charge on any atom is -0.388 e. The number of aliphatic hydroxyl groups excluding tert-OH is 3. The first-order valence-corrected chi connectivity index (χ1v) is 12.0. The van der Waals surface area contributed by atoms with Gasteiger partial charge in [0.1, 0.15) is 24.4 Å². The van der Waals surface area contributed by atoms with Crippen LogP contribution in [-0.4, -0.2) is 59.6 Å². The maximum Gasteiger partial charge on any atom is 0.111 e. The molecule has 1 fully saturated rings. The molecular weight excluding hydrogens is 368 g/mol. The largest absolute Gasteiger partial charge is 0.388 e. The fraction of sp³-hybridized carbons (Fsp3) is 0.917. The predicted octanol–water partition coefficient (Wildman–Crippen LogP) is 4.52. The molecule has 3 N–H and O–H groups in total. The molecule has 4 atom stereocenters. The summed E-state index contributed by atoms with van der Waals surface area (Å²) in [6, 6.07) is 0. The van der Waals surface area contributed by atoms with Gasteiger partial charge < -0.3 is 24.8 Å². The van der Waals surface area contributed by atoms with Crippen molar-refractivity contribution >= 4 is 0 Å². The van der Waals surface area contributed by atoms with Gasteiger partial charge >= 0.3 is 0 Å². The van der Waals surface area contributed by atoms with E-state index in [2.05, 4.69) is 19.1 Å². The lowest BCUT2D eigenvalue weighted by Gasteiger charge is -2.35. The van der Waals surface area contributed by atoms with Crippen LogP contribution in [0.1, 0.15) is 96.8 Å². The van der Waals surface area contributed by atoms with E-state index in [1.807, 2.05) is 0 Å². The van der Waals surface area contributed by atoms with Crippen LogP contribution in [0.5, 0.6) is 0 Å². The number of allylic oxidation sites excluding steroid dienone is 2. The third-order valence-corrected chi connectivity index (χ3v) is 5.69. The number of rotatable bonds is 18. The Morgan fingerprint density at radius 2 is 1.31 bits per heavy atom. The first-order valence-electron chi connectivity index (χ1n) is 12.0. The van der Waals surface area contributed by atoms with E-state index in [9.17, 15) is 15.3 Å². The highest BCUT2D eigenvalue weighted by Crippen LogP contribution is 2.16. The van der Waals surface area contributed by atoms with E-state index in [1.165, 1.54) is 77.0 Å². The summed E-state index contributed by atoms with van der Waals surface area (Å²) in [4.78, 5) is 0. The van der Waals surface area contributed by atoms with Crippen molar-refractivity contribution in [3.8, 4) is 0 Å². The summed E-state index contributed by atoms with van der Waals surface area (Å²) in [7, 11) is 0. The average molecular weight is 415 g/mol. The van der Waals surface area contributed by atoms with Crippen LogP contribution in [0.15, 0.2) is 12.2 Å². The van der Waals surface area contributed by atoms with E-state index in [-0.39, 0.29) is 13.2 Å². The fourth-order valence-electron chi connectivity index (χ4n) is 3.66. The molecular formula is C24H46O5. The molecule has 0 unspecified atom stereocenters. The van der Waals surface area contributed by atoms with Crippen molar-refractivity contribution in [1.82, 2.24) is 0 Å². The van der Waals surface area contributed by atoms with Crippen LogP contribution in [0.2, 0.25) is 0 Å². The molecule has 1 aliphatic rings. The molecule has 0 aromatic carbocycles. The van der Waals surface area contributed by atoms with Gasteiger partial charge in [-0.2, -0.15) is 0 Å². The molecule has 172 valence electrons. The molecule has 5 heteroatoms. The van der Waals surface area contributed by atoms with Crippen molar-refractivity contribution in [3.05, 3.63) is 12.2 Å². The lowest BCUT2D eigenvalue weighted by Crippen LogP contribution is -2.54. The van der Waals surface area contributed by atoms with Gasteiger partial charge in [0, 0.05) is 6.61 Å². The number of hydrogen-bond donors (Lipinski definition) is 3. The van der Waals surface area contributed by atoms with Gasteiger partial charge in [0.2, 0.25) is 0 Å². The monoisotopic (exact) mass is 414 g/mol. The summed E-state index contributed by atoms with van der Waals surface area (Å²) in [6.45, 7) is 3.21. The molecule has 0 saturated carbocycles. The Bertz CT molecular complexity index is 387. The van der Waals surface area contributed by atoms with Crippen molar-refractivity contribution in [1.29, 1.82) is 0 Å². The van der Waals surface area contributed by atoms with Crippen LogP contribution in [-0.2, 0) is 9.47 Å². The number of ether oxygens (including phenoxy) is 2. The maximum absolute atomic E-state index is 9.83. The Balaban J connectivity index is 1.80. The lowest BCUT2D eigenvalue weighted by molar-refractivity contribution is -0.199. The first-order chi connectivity index (χ1) is 14.2. The Morgan fingerprint density at radius 1 is 0.759 bits per heavy atom. The molecule has 1 heterocycles. The third-order valence-electron chi connectivity index (χ3n) is 5.69. The summed E-state index contributed by atoms with van der Waals surface area (Å²) < 4.78 is 10.9. The molecule has 0 bridgehead atoms. The standard InChI is InChI=1S/C24H46O5/c1-2-3-4-5-6-7-8-9-10-11-12-13-14-15-16-17-18-28-20-22-24(27)23(26)21(25)19-29-22/h10-11,21-27H,2-9,12-20H2,1H3/b11-10+/t21-,22+,23+,24+/m0/s1. The van der Waals surface area contributed by atoms with Crippen LogP contribution in [0, 0.1) is 0 Å². The second-order valence-corrected chi connectivity index (χ2v) is 8.43. The van der Waals surface area contributed by atoms with Crippen LogP contribution in [0.3, 0.4) is 0 Å². The molecule has 0 aromatic heterocycles. The molecule has 1 saturated heterocycles. The van der Waals surface area contributed by atoms with Gasteiger partial charge in [0.25, 0.3) is 0 Å². The van der Waals surface area contributed by atoms with Crippen molar-refractivity contribution < 1.29 is 24.8 Å². The summed E-state index contributed by atoms with van der Waals surface area (Å²) in [5, 5.41) is 28.9. The van der Waals surface area contributed by atoms with Gasteiger partial charge in [-0.25, -0.2) is 0 Å². The molecule has 1 aliphatic heterocycles. The summed E-state index contributed by atoms with van der Waals surface area (Å²) >= 11 is 0. The Morgan fingerprint density at radius 3 is 1.93 bits per heavy atom. The summed E-state index contributed by atoms with van der Waals surface area (Å²) in [5.74, 6) is 0. The third kappa shape index (κ3) is 13.5. The van der Waals surface area contributed by atoms with Crippen LogP contribution in [0.25, 0.3) is 0 Å². The minimum atomic E-state index is -1.15. The summed E-state index contributed by atoms with van der Waals surface area (Å²) in [5.41, 5.74) is 0. The molecule has 0 spiro atoms. The number of unbranched alkanes of at least 4 members (excludes halogenated alkanes) is 12. The molecule has 0 amide bonds. The van der Waals surface area contributed by atoms with Gasteiger partial charge in [-0.15, -0.1) is 0 Å². The van der Waals surface area contributed by atoms with E-state index in [4.69, 9.17) is 9.47 Å². The van der Waals surface area contributed by atoms with E-state index in [0.717, 1.165) is 12.8 Å². The fourth-order valence-corrected chi connectivity index (χ4v) is 3.66. The van der Waals surface area contributed by atoms with Gasteiger partial charge in [0.05, 0.1) is 13.2 Å². The highest BCUT2D eigenvalue weighted by Gasteiger charge is 2.37. The van der Waals surface area contributed by atoms with Gasteiger partial charge in [-0.3, -0.25) is 0 Å². The van der Waals surface area contributed by atoms with Crippen molar-refractivity contribution in [2.45, 2.75) is 121 Å². The van der Waals surface area contributed by atoms with Crippen molar-refractivity contribution in [2.24, 2.45) is 0 Å². The van der Waals surface area contributed by atoms with Crippen LogP contribution in [0.4, 0.5) is 0 Å². The molecule has 0 aliphatic carbocycles. The predicted molar refractivity (Wildman–Crippen MR) is 118 cm³/mol. The zero-order valence-electron chi connectivity index (χ0n) is 18.6. The molecule has 29 heavy (non-hydrogen) atoms. The van der Waals surface area contributed by atoms with E-state index in [0.29, 0.717) is 6.61 Å². The maximum atomic E-state index is 9.83. The molecule has 0 aromatic rings. The van der Waals surface area contributed by atoms with Gasteiger partial charge in [-0.1, -0.05) is 76.9 Å². The molecule has 1 rings (SSSR count). The quantitative estimate of drug-likeness (QED) is 0.227. The lowest BCUT2D eigenvalue weighted by atomic mass is 10.0. The zero-order chi connectivity index (χ0) is 21.2. The Hall–Kier alpha value is -0.460. The molecule has 0 radical (unpaired) electrons. The van der Waals surface area contributed by atoms with Crippen LogP contribution >= 0.6 is 0 Å². The SMILES string of the molecule is CCCCCCCCC/C=C/CCCCCCCOC[C@H]1OC[C@H](O)[C@@H](O)[C@@H]1O. The van der Waals surface area contributed by atoms with Crippen molar-refractivity contribution in [2.75, 3.05) is 19.8 Å². The van der Waals surface area contributed by atoms with E-state index >= 15 is 0 Å². The minimum absolute atomic E-state index is 0.0414. The smallest absolute Gasteiger partial charge is 0.111 e. The van der Waals surface area contributed by atoms with Crippen LogP contribution < -0.4 is 0 Å². The van der Waals surface area contributed by atoms with E-state index < -0.39 is 24.4 Å². The average Bonchev–Trinajstić information content (AvgIpc) is 2.72. The van der Waals surface area contributed by atoms with Gasteiger partial charge in [0.15, 0.2) is 0 Å². The number of aliphatic hydroxyl groups is 3. The Labute approximate surface area is 178 Å². The molecule has 5 nitrogen and oxygen atoms in total. The highest BCUT2D eigenvalue weighted by atomic mass is 16.6. The van der Waals surface area contributed by atoms with Crippen molar-refractivity contribution in [3.63, 3.8) is 0 Å². The second kappa shape index (κ2) is 18.3. The topological polar surface area (TPSA) is 79.2 Å². The highest BCUT2D eigenvalue weighted by molar-refractivity contribution is 4.86. The summed E-state index contributed by atoms with van der Waals surface area (Å²) in [6.07, 6.45) is 18.9. The Kier molecular flexibility index (Phi) is 16.8. The van der Waals surface area contributed by atoms with Gasteiger partial charge in [-0.05, 0) is 32.1 Å². The zero-order valence-corrected chi connectivity index (χ0v) is 18.6. The first kappa shape index (κ1) is 26.6. The number of hydrogen-bond acceptors (Lipinski definition) is 5. The van der Waals surface area contributed by atoms with E-state index in [1.54, 1.807) is 0 Å².